The third-order valence-electron chi connectivity index (χ3n) is 3.68. The second-order valence-electron chi connectivity index (χ2n) is 5.30. The molecule has 1 aromatic carbocycles. The Labute approximate surface area is 126 Å². The Morgan fingerprint density at radius 1 is 1.32 bits per heavy atom. The molecule has 1 saturated carbocycles. The average Bonchev–Trinajstić information content (AvgIpc) is 3.17. The van der Waals surface area contributed by atoms with Gasteiger partial charge in [0.25, 0.3) is 0 Å². The number of rotatable bonds is 5. The third-order valence-corrected chi connectivity index (χ3v) is 3.68. The van der Waals surface area contributed by atoms with Crippen molar-refractivity contribution >= 4 is 11.9 Å². The fourth-order valence-electron chi connectivity index (χ4n) is 2.36. The fraction of sp³-hybridized carbons (Fsp3) is 0.357. The Hall–Kier alpha value is -2.77. The Morgan fingerprint density at radius 2 is 2.05 bits per heavy atom. The van der Waals surface area contributed by atoms with E-state index in [0.717, 1.165) is 5.69 Å². The number of amides is 1. The molecular formula is C14H15N5O3. The molecule has 0 unspecified atom stereocenters. The van der Waals surface area contributed by atoms with E-state index in [4.69, 9.17) is 5.11 Å². The van der Waals surface area contributed by atoms with Crippen LogP contribution in [0.15, 0.2) is 30.3 Å². The molecule has 0 aliphatic heterocycles. The topological polar surface area (TPSA) is 110 Å². The summed E-state index contributed by atoms with van der Waals surface area (Å²) in [7, 11) is 0. The minimum atomic E-state index is -0.929. The number of carboxylic acid groups (broad SMARTS) is 1. The molecule has 0 saturated heterocycles. The molecule has 3 atom stereocenters. The number of hydrogen-bond donors (Lipinski definition) is 2. The smallest absolute Gasteiger partial charge is 0.307 e. The first kappa shape index (κ1) is 14.2. The maximum atomic E-state index is 12.0. The van der Waals surface area contributed by atoms with Gasteiger partial charge in [-0.05, 0) is 35.9 Å². The van der Waals surface area contributed by atoms with E-state index in [2.05, 4.69) is 20.8 Å². The van der Waals surface area contributed by atoms with Gasteiger partial charge in [-0.1, -0.05) is 18.2 Å². The van der Waals surface area contributed by atoms with Crippen molar-refractivity contribution in [3.63, 3.8) is 0 Å². The second kappa shape index (κ2) is 5.55. The lowest BCUT2D eigenvalue weighted by atomic mass is 10.2. The van der Waals surface area contributed by atoms with Gasteiger partial charge in [0.15, 0.2) is 5.82 Å². The molecule has 1 fully saturated rings. The van der Waals surface area contributed by atoms with Crippen LogP contribution in [0.1, 0.15) is 25.2 Å². The largest absolute Gasteiger partial charge is 0.481 e. The Bertz CT molecular complexity index is 700. The highest BCUT2D eigenvalue weighted by Gasteiger charge is 2.48. The van der Waals surface area contributed by atoms with E-state index in [9.17, 15) is 9.59 Å². The number of aliphatic carboxylic acids is 1. The molecule has 1 amide bonds. The monoisotopic (exact) mass is 301 g/mol. The molecule has 8 heteroatoms. The van der Waals surface area contributed by atoms with Gasteiger partial charge in [-0.15, -0.1) is 5.10 Å². The molecule has 22 heavy (non-hydrogen) atoms. The van der Waals surface area contributed by atoms with Crippen LogP contribution in [0.2, 0.25) is 0 Å². The normalized spacial score (nSPS) is 21.1. The molecule has 2 N–H and O–H groups in total. The zero-order valence-electron chi connectivity index (χ0n) is 11.9. The van der Waals surface area contributed by atoms with Gasteiger partial charge < -0.3 is 10.4 Å². The lowest BCUT2D eigenvalue weighted by molar-refractivity contribution is -0.140. The van der Waals surface area contributed by atoms with Crippen LogP contribution in [-0.4, -0.2) is 37.2 Å². The van der Waals surface area contributed by atoms with Crippen LogP contribution < -0.4 is 5.32 Å². The van der Waals surface area contributed by atoms with Gasteiger partial charge >= 0.3 is 5.97 Å². The minimum absolute atomic E-state index is 0.275. The second-order valence-corrected chi connectivity index (χ2v) is 5.30. The lowest BCUT2D eigenvalue weighted by Gasteiger charge is -2.13. The molecular weight excluding hydrogens is 286 g/mol. The first-order chi connectivity index (χ1) is 10.6. The Balaban J connectivity index is 1.72. The van der Waals surface area contributed by atoms with Gasteiger partial charge in [0.2, 0.25) is 5.91 Å². The Morgan fingerprint density at radius 3 is 2.68 bits per heavy atom. The van der Waals surface area contributed by atoms with E-state index < -0.39 is 23.8 Å². The van der Waals surface area contributed by atoms with Crippen LogP contribution in [0.5, 0.6) is 0 Å². The molecule has 3 rings (SSSR count). The molecule has 1 aliphatic carbocycles. The summed E-state index contributed by atoms with van der Waals surface area (Å²) in [4.78, 5) is 22.8. The van der Waals surface area contributed by atoms with Crippen LogP contribution in [0.25, 0.3) is 5.69 Å². The third kappa shape index (κ3) is 2.67. The van der Waals surface area contributed by atoms with E-state index in [1.165, 1.54) is 0 Å². The number of carbonyl (C=O) groups is 2. The fourth-order valence-corrected chi connectivity index (χ4v) is 2.36. The van der Waals surface area contributed by atoms with Crippen LogP contribution in [0, 0.1) is 11.8 Å². The number of benzene rings is 1. The van der Waals surface area contributed by atoms with Crippen LogP contribution in [0.3, 0.4) is 0 Å². The molecule has 114 valence electrons. The maximum Gasteiger partial charge on any atom is 0.307 e. The highest BCUT2D eigenvalue weighted by atomic mass is 16.4. The summed E-state index contributed by atoms with van der Waals surface area (Å²) in [5.41, 5.74) is 0.790. The van der Waals surface area contributed by atoms with E-state index in [1.54, 1.807) is 11.6 Å². The Kier molecular flexibility index (Phi) is 3.58. The van der Waals surface area contributed by atoms with Gasteiger partial charge in [-0.3, -0.25) is 9.59 Å². The number of hydrogen-bond acceptors (Lipinski definition) is 5. The quantitative estimate of drug-likeness (QED) is 0.835. The number of carbonyl (C=O) groups excluding carboxylic acids is 1. The van der Waals surface area contributed by atoms with Gasteiger partial charge in [0, 0.05) is 0 Å². The van der Waals surface area contributed by atoms with Gasteiger partial charge in [0.05, 0.1) is 23.6 Å². The summed E-state index contributed by atoms with van der Waals surface area (Å²) in [5.74, 6) is -1.74. The first-order valence-corrected chi connectivity index (χ1v) is 6.95. The standard InChI is InChI=1S/C14H15N5O3/c1-8(15-13(20)10-7-11(10)14(21)22)12-16-17-18-19(12)9-5-3-2-4-6-9/h2-6,8,10-11H,7H2,1H3,(H,15,20)(H,21,22)/t8-,10+,11-/m0/s1. The predicted molar refractivity (Wildman–Crippen MR) is 74.9 cm³/mol. The molecule has 1 heterocycles. The average molecular weight is 301 g/mol. The van der Waals surface area contributed by atoms with E-state index in [-0.39, 0.29) is 5.91 Å². The number of tetrazole rings is 1. The number of nitrogens with zero attached hydrogens (tertiary/aromatic N) is 4. The lowest BCUT2D eigenvalue weighted by Crippen LogP contribution is -2.30. The molecule has 2 aromatic rings. The number of carboxylic acids is 1. The molecule has 1 aliphatic rings. The van der Waals surface area contributed by atoms with Gasteiger partial charge in [-0.2, -0.15) is 4.68 Å². The van der Waals surface area contributed by atoms with E-state index in [1.807, 2.05) is 30.3 Å². The summed E-state index contributed by atoms with van der Waals surface area (Å²) in [5, 5.41) is 23.2. The number of para-hydroxylation sites is 1. The van der Waals surface area contributed by atoms with Gasteiger partial charge in [0.1, 0.15) is 0 Å². The van der Waals surface area contributed by atoms with Crippen molar-refractivity contribution in [1.29, 1.82) is 0 Å². The van der Waals surface area contributed by atoms with Crippen molar-refractivity contribution in [2.45, 2.75) is 19.4 Å². The highest BCUT2D eigenvalue weighted by molar-refractivity contribution is 5.89. The maximum absolute atomic E-state index is 12.0. The summed E-state index contributed by atoms with van der Waals surface area (Å²) in [6.45, 7) is 1.77. The minimum Gasteiger partial charge on any atom is -0.481 e. The summed E-state index contributed by atoms with van der Waals surface area (Å²) < 4.78 is 1.55. The molecule has 8 nitrogen and oxygen atoms in total. The molecule has 0 spiro atoms. The number of aromatic nitrogens is 4. The van der Waals surface area contributed by atoms with Crippen LogP contribution in [0.4, 0.5) is 0 Å². The zero-order valence-corrected chi connectivity index (χ0v) is 11.9. The first-order valence-electron chi connectivity index (χ1n) is 6.95. The number of nitrogens with one attached hydrogen (secondary N) is 1. The summed E-state index contributed by atoms with van der Waals surface area (Å²) >= 11 is 0. The highest BCUT2D eigenvalue weighted by Crippen LogP contribution is 2.39. The van der Waals surface area contributed by atoms with Crippen LogP contribution >= 0.6 is 0 Å². The van der Waals surface area contributed by atoms with Crippen molar-refractivity contribution < 1.29 is 14.7 Å². The molecule has 1 aromatic heterocycles. The van der Waals surface area contributed by atoms with E-state index in [0.29, 0.717) is 12.2 Å². The van der Waals surface area contributed by atoms with Gasteiger partial charge in [-0.25, -0.2) is 0 Å². The zero-order chi connectivity index (χ0) is 15.7. The molecule has 0 radical (unpaired) electrons. The summed E-state index contributed by atoms with van der Waals surface area (Å²) in [6, 6.07) is 8.92. The van der Waals surface area contributed by atoms with Crippen molar-refractivity contribution in [3.05, 3.63) is 36.2 Å². The predicted octanol–water partition coefficient (Wildman–Crippen LogP) is 0.560. The van der Waals surface area contributed by atoms with Crippen molar-refractivity contribution in [2.75, 3.05) is 0 Å². The molecule has 0 bridgehead atoms. The van der Waals surface area contributed by atoms with Crippen molar-refractivity contribution in [3.8, 4) is 5.69 Å². The van der Waals surface area contributed by atoms with Crippen LogP contribution in [-0.2, 0) is 9.59 Å². The summed E-state index contributed by atoms with van der Waals surface area (Å²) in [6.07, 6.45) is 0.386. The SMILES string of the molecule is C[C@H](NC(=O)[C@@H]1C[C@@H]1C(=O)O)c1nnnn1-c1ccccc1. The van der Waals surface area contributed by atoms with E-state index >= 15 is 0 Å². The van der Waals surface area contributed by atoms with Crippen molar-refractivity contribution in [1.82, 2.24) is 25.5 Å². The van der Waals surface area contributed by atoms with Crippen molar-refractivity contribution in [2.24, 2.45) is 11.8 Å².